The number of amides is 1. The molecule has 0 radical (unpaired) electrons. The van der Waals surface area contributed by atoms with Crippen LogP contribution in [0.25, 0.3) is 5.69 Å². The van der Waals surface area contributed by atoms with E-state index in [-0.39, 0.29) is 5.91 Å². The van der Waals surface area contributed by atoms with Crippen molar-refractivity contribution in [3.8, 4) is 17.2 Å². The molecule has 0 unspecified atom stereocenters. The van der Waals surface area contributed by atoms with E-state index < -0.39 is 0 Å². The van der Waals surface area contributed by atoms with Gasteiger partial charge in [0.05, 0.1) is 31.8 Å². The fourth-order valence-corrected chi connectivity index (χ4v) is 2.58. The van der Waals surface area contributed by atoms with E-state index in [1.165, 1.54) is 0 Å². The Labute approximate surface area is 152 Å². The van der Waals surface area contributed by atoms with Gasteiger partial charge in [-0.1, -0.05) is 18.2 Å². The van der Waals surface area contributed by atoms with Crippen molar-refractivity contribution in [2.45, 2.75) is 12.8 Å². The number of nitrogens with zero attached hydrogens (tertiary/aromatic N) is 2. The Morgan fingerprint density at radius 2 is 1.92 bits per heavy atom. The van der Waals surface area contributed by atoms with Crippen LogP contribution < -0.4 is 14.8 Å². The Balaban J connectivity index is 1.59. The van der Waals surface area contributed by atoms with E-state index in [1.54, 1.807) is 43.3 Å². The summed E-state index contributed by atoms with van der Waals surface area (Å²) in [5.41, 5.74) is 2.62. The van der Waals surface area contributed by atoms with Gasteiger partial charge in [0.25, 0.3) is 0 Å². The SMILES string of the molecule is COc1ccc(NC(=O)CCc2cnn(-c3ccccc3)c2)c(OC)c1. The number of aromatic nitrogens is 2. The number of para-hydroxylation sites is 1. The van der Waals surface area contributed by atoms with Gasteiger partial charge in [-0.25, -0.2) is 4.68 Å². The maximum atomic E-state index is 12.3. The molecule has 0 saturated carbocycles. The molecule has 0 aliphatic carbocycles. The fraction of sp³-hybridized carbons (Fsp3) is 0.200. The highest BCUT2D eigenvalue weighted by Crippen LogP contribution is 2.29. The van der Waals surface area contributed by atoms with Crippen molar-refractivity contribution in [3.63, 3.8) is 0 Å². The lowest BCUT2D eigenvalue weighted by Crippen LogP contribution is -2.13. The molecule has 1 heterocycles. The number of carbonyl (C=O) groups excluding carboxylic acids is 1. The average molecular weight is 351 g/mol. The van der Waals surface area contributed by atoms with Crippen LogP contribution in [-0.4, -0.2) is 29.9 Å². The van der Waals surface area contributed by atoms with E-state index in [0.717, 1.165) is 11.3 Å². The third-order valence-electron chi connectivity index (χ3n) is 3.98. The van der Waals surface area contributed by atoms with E-state index in [0.29, 0.717) is 30.0 Å². The Morgan fingerprint density at radius 1 is 1.12 bits per heavy atom. The maximum Gasteiger partial charge on any atom is 0.224 e. The lowest BCUT2D eigenvalue weighted by Gasteiger charge is -2.11. The number of methoxy groups -OCH3 is 2. The van der Waals surface area contributed by atoms with Gasteiger partial charge in [-0.3, -0.25) is 4.79 Å². The van der Waals surface area contributed by atoms with E-state index >= 15 is 0 Å². The first-order chi connectivity index (χ1) is 12.7. The molecule has 6 nitrogen and oxygen atoms in total. The topological polar surface area (TPSA) is 65.4 Å². The quantitative estimate of drug-likeness (QED) is 0.708. The van der Waals surface area contributed by atoms with E-state index in [2.05, 4.69) is 10.4 Å². The molecule has 1 amide bonds. The third-order valence-corrected chi connectivity index (χ3v) is 3.98. The summed E-state index contributed by atoms with van der Waals surface area (Å²) in [6.07, 6.45) is 4.69. The number of ether oxygens (including phenoxy) is 2. The van der Waals surface area contributed by atoms with Crippen molar-refractivity contribution in [1.29, 1.82) is 0 Å². The first kappa shape index (κ1) is 17.5. The molecule has 0 bridgehead atoms. The third kappa shape index (κ3) is 4.22. The number of nitrogens with one attached hydrogen (secondary N) is 1. The van der Waals surface area contributed by atoms with Gasteiger partial charge >= 0.3 is 0 Å². The molecule has 0 aliphatic heterocycles. The standard InChI is InChI=1S/C20H21N3O3/c1-25-17-9-10-18(19(12-17)26-2)22-20(24)11-8-15-13-21-23(14-15)16-6-4-3-5-7-16/h3-7,9-10,12-14H,8,11H2,1-2H3,(H,22,24). The molecule has 3 rings (SSSR count). The van der Waals surface area contributed by atoms with Gasteiger partial charge in [-0.15, -0.1) is 0 Å². The summed E-state index contributed by atoms with van der Waals surface area (Å²) in [6, 6.07) is 15.1. The van der Waals surface area contributed by atoms with Crippen molar-refractivity contribution in [2.75, 3.05) is 19.5 Å². The number of hydrogen-bond acceptors (Lipinski definition) is 4. The normalized spacial score (nSPS) is 10.4. The second-order valence-electron chi connectivity index (χ2n) is 5.74. The predicted octanol–water partition coefficient (Wildman–Crippen LogP) is 3.46. The molecule has 0 spiro atoms. The molecule has 0 saturated heterocycles. The number of benzene rings is 2. The number of anilines is 1. The highest BCUT2D eigenvalue weighted by Gasteiger charge is 2.10. The van der Waals surface area contributed by atoms with Gasteiger partial charge in [0.15, 0.2) is 0 Å². The van der Waals surface area contributed by atoms with Crippen LogP contribution in [0, 0.1) is 0 Å². The highest BCUT2D eigenvalue weighted by atomic mass is 16.5. The molecule has 0 aliphatic rings. The van der Waals surface area contributed by atoms with E-state index in [1.807, 2.05) is 36.5 Å². The minimum Gasteiger partial charge on any atom is -0.497 e. The molecule has 134 valence electrons. The summed E-state index contributed by atoms with van der Waals surface area (Å²) >= 11 is 0. The molecule has 0 atom stereocenters. The molecule has 2 aromatic carbocycles. The molecule has 26 heavy (non-hydrogen) atoms. The minimum absolute atomic E-state index is 0.0825. The molecule has 1 N–H and O–H groups in total. The van der Waals surface area contributed by atoms with Crippen LogP contribution in [0.4, 0.5) is 5.69 Å². The first-order valence-corrected chi connectivity index (χ1v) is 8.30. The summed E-state index contributed by atoms with van der Waals surface area (Å²) in [6.45, 7) is 0. The van der Waals surface area contributed by atoms with Crippen molar-refractivity contribution in [2.24, 2.45) is 0 Å². The predicted molar refractivity (Wildman–Crippen MR) is 100 cm³/mol. The van der Waals surface area contributed by atoms with Crippen molar-refractivity contribution >= 4 is 11.6 Å². The fourth-order valence-electron chi connectivity index (χ4n) is 2.58. The van der Waals surface area contributed by atoms with Crippen LogP contribution in [0.2, 0.25) is 0 Å². The summed E-state index contributed by atoms with van der Waals surface area (Å²) < 4.78 is 12.3. The van der Waals surface area contributed by atoms with Crippen LogP contribution in [0.1, 0.15) is 12.0 Å². The van der Waals surface area contributed by atoms with Gasteiger partial charge in [0.1, 0.15) is 11.5 Å². The smallest absolute Gasteiger partial charge is 0.224 e. The molecule has 6 heteroatoms. The average Bonchev–Trinajstić information content (AvgIpc) is 3.16. The molecule has 0 fully saturated rings. The molecule has 1 aromatic heterocycles. The minimum atomic E-state index is -0.0825. The van der Waals surface area contributed by atoms with Crippen LogP contribution in [0.5, 0.6) is 11.5 Å². The summed E-state index contributed by atoms with van der Waals surface area (Å²) in [7, 11) is 3.14. The largest absolute Gasteiger partial charge is 0.497 e. The Kier molecular flexibility index (Phi) is 5.53. The lowest BCUT2D eigenvalue weighted by molar-refractivity contribution is -0.116. The van der Waals surface area contributed by atoms with Crippen molar-refractivity contribution in [1.82, 2.24) is 9.78 Å². The van der Waals surface area contributed by atoms with Gasteiger partial charge in [-0.2, -0.15) is 5.10 Å². The lowest BCUT2D eigenvalue weighted by atomic mass is 10.2. The number of carbonyl (C=O) groups is 1. The first-order valence-electron chi connectivity index (χ1n) is 8.30. The number of aryl methyl sites for hydroxylation is 1. The maximum absolute atomic E-state index is 12.3. The zero-order valence-corrected chi connectivity index (χ0v) is 14.8. The van der Waals surface area contributed by atoms with Crippen molar-refractivity contribution < 1.29 is 14.3 Å². The van der Waals surface area contributed by atoms with Crippen LogP contribution in [0.15, 0.2) is 60.9 Å². The zero-order valence-electron chi connectivity index (χ0n) is 14.8. The van der Waals surface area contributed by atoms with Gasteiger partial charge in [0.2, 0.25) is 5.91 Å². The second-order valence-corrected chi connectivity index (χ2v) is 5.74. The molecular weight excluding hydrogens is 330 g/mol. The van der Waals surface area contributed by atoms with Gasteiger partial charge in [0, 0.05) is 18.7 Å². The van der Waals surface area contributed by atoms with Crippen molar-refractivity contribution in [3.05, 3.63) is 66.5 Å². The van der Waals surface area contributed by atoms with Crippen LogP contribution in [-0.2, 0) is 11.2 Å². The molecule has 3 aromatic rings. The van der Waals surface area contributed by atoms with Gasteiger partial charge < -0.3 is 14.8 Å². The molecular formula is C20H21N3O3. The Hall–Kier alpha value is -3.28. The van der Waals surface area contributed by atoms with E-state index in [4.69, 9.17) is 9.47 Å². The second kappa shape index (κ2) is 8.20. The number of hydrogen-bond donors (Lipinski definition) is 1. The Bertz CT molecular complexity index is 875. The highest BCUT2D eigenvalue weighted by molar-refractivity contribution is 5.92. The monoisotopic (exact) mass is 351 g/mol. The number of rotatable bonds is 7. The van der Waals surface area contributed by atoms with Crippen LogP contribution >= 0.6 is 0 Å². The van der Waals surface area contributed by atoms with Crippen LogP contribution in [0.3, 0.4) is 0 Å². The van der Waals surface area contributed by atoms with E-state index in [9.17, 15) is 4.79 Å². The zero-order chi connectivity index (χ0) is 18.4. The van der Waals surface area contributed by atoms with Gasteiger partial charge in [-0.05, 0) is 36.2 Å². The summed E-state index contributed by atoms with van der Waals surface area (Å²) in [4.78, 5) is 12.3. The summed E-state index contributed by atoms with van der Waals surface area (Å²) in [5.74, 6) is 1.16. The Morgan fingerprint density at radius 3 is 2.65 bits per heavy atom. The summed E-state index contributed by atoms with van der Waals surface area (Å²) in [5, 5.41) is 7.22.